The molecule has 0 bridgehead atoms. The van der Waals surface area contributed by atoms with Crippen LogP contribution in [-0.2, 0) is 0 Å². The van der Waals surface area contributed by atoms with Crippen LogP contribution in [0.5, 0.6) is 0 Å². The van der Waals surface area contributed by atoms with Crippen molar-refractivity contribution in [2.75, 3.05) is 0 Å². The van der Waals surface area contributed by atoms with Gasteiger partial charge in [0.1, 0.15) is 0 Å². The molecule has 0 fully saturated rings. The molecule has 0 spiro atoms. The van der Waals surface area contributed by atoms with Gasteiger partial charge in [0, 0.05) is 32.9 Å². The Morgan fingerprint density at radius 3 is 1.38 bits per heavy atom. The molecule has 0 radical (unpaired) electrons. The first kappa shape index (κ1) is 26.8. The number of para-hydroxylation sites is 2. The van der Waals surface area contributed by atoms with Crippen molar-refractivity contribution in [1.82, 2.24) is 9.13 Å². The van der Waals surface area contributed by atoms with Gasteiger partial charge in [0.05, 0.1) is 22.1 Å². The molecule has 2 nitrogen and oxygen atoms in total. The van der Waals surface area contributed by atoms with E-state index in [0.29, 0.717) is 0 Å². The van der Waals surface area contributed by atoms with Crippen molar-refractivity contribution in [2.45, 2.75) is 0 Å². The standard InChI is InChI=1S/C46H30N2/c1-3-12-31(13-4-1)33-16-11-17-37(29-33)47-41-20-9-7-18-39(41)45-43(47)26-27-44-46(45)40-19-8-10-21-42(40)48(44)38-25-24-35-28-34(22-23-36(35)30-38)32-14-5-2-6-15-32/h1-30H. The molecule has 0 saturated heterocycles. The number of fused-ring (bicyclic) bond motifs is 8. The van der Waals surface area contributed by atoms with Gasteiger partial charge in [-0.25, -0.2) is 0 Å². The van der Waals surface area contributed by atoms with Gasteiger partial charge >= 0.3 is 0 Å². The van der Waals surface area contributed by atoms with Gasteiger partial charge in [-0.3, -0.25) is 0 Å². The summed E-state index contributed by atoms with van der Waals surface area (Å²) in [5.74, 6) is 0. The van der Waals surface area contributed by atoms with Crippen LogP contribution in [0.1, 0.15) is 0 Å². The molecule has 2 heterocycles. The first-order chi connectivity index (χ1) is 23.8. The highest BCUT2D eigenvalue weighted by molar-refractivity contribution is 6.29. The van der Waals surface area contributed by atoms with Crippen LogP contribution >= 0.6 is 0 Å². The van der Waals surface area contributed by atoms with Crippen molar-refractivity contribution in [3.63, 3.8) is 0 Å². The topological polar surface area (TPSA) is 9.86 Å². The van der Waals surface area contributed by atoms with Crippen LogP contribution in [-0.4, -0.2) is 9.13 Å². The van der Waals surface area contributed by atoms with Crippen LogP contribution in [0, 0.1) is 0 Å². The van der Waals surface area contributed by atoms with E-state index in [4.69, 9.17) is 0 Å². The average molecular weight is 611 g/mol. The van der Waals surface area contributed by atoms with Crippen LogP contribution in [0.2, 0.25) is 0 Å². The van der Waals surface area contributed by atoms with Gasteiger partial charge in [-0.15, -0.1) is 0 Å². The van der Waals surface area contributed by atoms with E-state index in [-0.39, 0.29) is 0 Å². The van der Waals surface area contributed by atoms with Gasteiger partial charge in [-0.2, -0.15) is 0 Å². The van der Waals surface area contributed by atoms with E-state index < -0.39 is 0 Å². The zero-order valence-corrected chi connectivity index (χ0v) is 26.2. The van der Waals surface area contributed by atoms with Crippen molar-refractivity contribution in [1.29, 1.82) is 0 Å². The first-order valence-electron chi connectivity index (χ1n) is 16.5. The van der Waals surface area contributed by atoms with E-state index in [1.165, 1.54) is 82.3 Å². The molecule has 0 saturated carbocycles. The summed E-state index contributed by atoms with van der Waals surface area (Å²) >= 11 is 0. The third kappa shape index (κ3) is 4.06. The molecule has 48 heavy (non-hydrogen) atoms. The van der Waals surface area contributed by atoms with Crippen molar-refractivity contribution in [3.8, 4) is 33.6 Å². The third-order valence-corrected chi connectivity index (χ3v) is 9.87. The first-order valence-corrected chi connectivity index (χ1v) is 16.5. The van der Waals surface area contributed by atoms with E-state index in [0.717, 1.165) is 5.69 Å². The smallest absolute Gasteiger partial charge is 0.0548 e. The summed E-state index contributed by atoms with van der Waals surface area (Å²) in [6.45, 7) is 0. The average Bonchev–Trinajstić information content (AvgIpc) is 3.68. The highest BCUT2D eigenvalue weighted by Crippen LogP contribution is 2.42. The lowest BCUT2D eigenvalue weighted by atomic mass is 10.0. The van der Waals surface area contributed by atoms with Crippen molar-refractivity contribution < 1.29 is 0 Å². The number of aromatic nitrogens is 2. The quantitative estimate of drug-likeness (QED) is 0.188. The van der Waals surface area contributed by atoms with Crippen molar-refractivity contribution >= 4 is 54.4 Å². The van der Waals surface area contributed by atoms with Crippen molar-refractivity contribution in [3.05, 3.63) is 182 Å². The molecule has 8 aromatic carbocycles. The Morgan fingerprint density at radius 2 is 0.750 bits per heavy atom. The predicted octanol–water partition coefficient (Wildman–Crippen LogP) is 12.4. The Labute approximate surface area is 278 Å². The minimum Gasteiger partial charge on any atom is -0.309 e. The summed E-state index contributed by atoms with van der Waals surface area (Å²) in [5.41, 5.74) is 12.1. The largest absolute Gasteiger partial charge is 0.309 e. The van der Waals surface area contributed by atoms with Gasteiger partial charge in [-0.1, -0.05) is 127 Å². The lowest BCUT2D eigenvalue weighted by molar-refractivity contribution is 1.17. The zero-order chi connectivity index (χ0) is 31.6. The number of benzene rings is 8. The summed E-state index contributed by atoms with van der Waals surface area (Å²) in [6.07, 6.45) is 0. The molecule has 2 aromatic heterocycles. The van der Waals surface area contributed by atoms with Crippen molar-refractivity contribution in [2.24, 2.45) is 0 Å². The molecule has 0 aliphatic carbocycles. The molecule has 0 N–H and O–H groups in total. The fraction of sp³-hybridized carbons (Fsp3) is 0. The number of hydrogen-bond donors (Lipinski definition) is 0. The van der Waals surface area contributed by atoms with Crippen LogP contribution in [0.25, 0.3) is 88.0 Å². The minimum atomic E-state index is 1.16. The lowest BCUT2D eigenvalue weighted by Crippen LogP contribution is -1.95. The van der Waals surface area contributed by atoms with Crippen LogP contribution < -0.4 is 0 Å². The van der Waals surface area contributed by atoms with E-state index in [9.17, 15) is 0 Å². The normalized spacial score (nSPS) is 11.8. The minimum absolute atomic E-state index is 1.16. The van der Waals surface area contributed by atoms with Gasteiger partial charge < -0.3 is 9.13 Å². The molecule has 2 heteroatoms. The predicted molar refractivity (Wildman–Crippen MR) is 203 cm³/mol. The number of nitrogens with zero attached hydrogens (tertiary/aromatic N) is 2. The molecule has 10 rings (SSSR count). The highest BCUT2D eigenvalue weighted by Gasteiger charge is 2.20. The monoisotopic (exact) mass is 610 g/mol. The van der Waals surface area contributed by atoms with E-state index in [1.807, 2.05) is 0 Å². The second-order valence-electron chi connectivity index (χ2n) is 12.6. The SMILES string of the molecule is c1ccc(-c2cccc(-n3c4ccccc4c4c5c6ccccc6n(-c6ccc7cc(-c8ccccc8)ccc7c6)c5ccc43)c2)cc1. The Morgan fingerprint density at radius 1 is 0.271 bits per heavy atom. The molecular weight excluding hydrogens is 581 g/mol. The maximum Gasteiger partial charge on any atom is 0.0548 e. The maximum absolute atomic E-state index is 2.44. The zero-order valence-electron chi connectivity index (χ0n) is 26.2. The van der Waals surface area contributed by atoms with E-state index in [1.54, 1.807) is 0 Å². The molecule has 0 aliphatic heterocycles. The Bertz CT molecular complexity index is 2820. The molecule has 0 unspecified atom stereocenters. The molecule has 10 aromatic rings. The lowest BCUT2D eigenvalue weighted by Gasteiger charge is -2.12. The van der Waals surface area contributed by atoms with Gasteiger partial charge in [-0.05, 0) is 87.6 Å². The van der Waals surface area contributed by atoms with Gasteiger partial charge in [0.25, 0.3) is 0 Å². The summed E-state index contributed by atoms with van der Waals surface area (Å²) in [4.78, 5) is 0. The van der Waals surface area contributed by atoms with Gasteiger partial charge in [0.2, 0.25) is 0 Å². The van der Waals surface area contributed by atoms with Crippen LogP contribution in [0.3, 0.4) is 0 Å². The summed E-state index contributed by atoms with van der Waals surface area (Å²) in [5, 5.41) is 7.57. The highest BCUT2D eigenvalue weighted by atomic mass is 15.0. The molecule has 0 aliphatic rings. The molecule has 0 atom stereocenters. The number of hydrogen-bond acceptors (Lipinski definition) is 0. The molecule has 224 valence electrons. The number of rotatable bonds is 4. The fourth-order valence-corrected chi connectivity index (χ4v) is 7.71. The van der Waals surface area contributed by atoms with Crippen LogP contribution in [0.15, 0.2) is 182 Å². The van der Waals surface area contributed by atoms with E-state index >= 15 is 0 Å². The third-order valence-electron chi connectivity index (χ3n) is 9.87. The second-order valence-corrected chi connectivity index (χ2v) is 12.6. The Balaban J connectivity index is 1.22. The second kappa shape index (κ2) is 10.6. The summed E-state index contributed by atoms with van der Waals surface area (Å²) in [6, 6.07) is 66.1. The van der Waals surface area contributed by atoms with Gasteiger partial charge in [0.15, 0.2) is 0 Å². The Hall–Kier alpha value is -6.38. The molecule has 0 amide bonds. The fourth-order valence-electron chi connectivity index (χ4n) is 7.71. The Kier molecular flexibility index (Phi) is 5.91. The maximum atomic E-state index is 2.44. The molecular formula is C46H30N2. The van der Waals surface area contributed by atoms with E-state index in [2.05, 4.69) is 191 Å². The van der Waals surface area contributed by atoms with Crippen LogP contribution in [0.4, 0.5) is 0 Å². The summed E-state index contributed by atoms with van der Waals surface area (Å²) in [7, 11) is 0. The summed E-state index contributed by atoms with van der Waals surface area (Å²) < 4.78 is 4.87.